The Balaban J connectivity index is 2.40. The maximum atomic E-state index is 9.66. The Morgan fingerprint density at radius 1 is 1.21 bits per heavy atom. The van der Waals surface area contributed by atoms with Crippen LogP contribution in [0.4, 0.5) is 0 Å². The maximum Gasteiger partial charge on any atom is 0.123 e. The summed E-state index contributed by atoms with van der Waals surface area (Å²) >= 11 is 5.88. The molecule has 0 unspecified atom stereocenters. The van der Waals surface area contributed by atoms with Crippen LogP contribution in [0.25, 0.3) is 5.57 Å². The summed E-state index contributed by atoms with van der Waals surface area (Å²) in [6.45, 7) is 0. The minimum absolute atomic E-state index is 0.302. The molecule has 0 aromatic heterocycles. The van der Waals surface area contributed by atoms with E-state index in [1.807, 2.05) is 6.07 Å². The van der Waals surface area contributed by atoms with Crippen molar-refractivity contribution in [3.8, 4) is 5.75 Å². The van der Waals surface area contributed by atoms with Gasteiger partial charge in [-0.3, -0.25) is 0 Å². The number of hydrogen-bond acceptors (Lipinski definition) is 1. The fourth-order valence-corrected chi connectivity index (χ4v) is 1.76. The van der Waals surface area contributed by atoms with Gasteiger partial charge in [-0.15, -0.1) is 0 Å². The first-order valence-electron chi connectivity index (χ1n) is 4.60. The minimum atomic E-state index is 0.302. The Labute approximate surface area is 88.3 Å². The molecular weight excluding hydrogens is 196 g/mol. The van der Waals surface area contributed by atoms with Gasteiger partial charge in [0.05, 0.1) is 0 Å². The van der Waals surface area contributed by atoms with Gasteiger partial charge in [0.25, 0.3) is 0 Å². The van der Waals surface area contributed by atoms with Crippen LogP contribution in [0.5, 0.6) is 5.75 Å². The highest BCUT2D eigenvalue weighted by atomic mass is 35.5. The zero-order valence-electron chi connectivity index (χ0n) is 7.70. The Morgan fingerprint density at radius 2 is 2.07 bits per heavy atom. The van der Waals surface area contributed by atoms with Gasteiger partial charge in [0.1, 0.15) is 5.75 Å². The summed E-state index contributed by atoms with van der Waals surface area (Å²) in [5.41, 5.74) is 1.99. The molecule has 0 radical (unpaired) electrons. The molecule has 0 aliphatic heterocycles. The number of rotatable bonds is 1. The van der Waals surface area contributed by atoms with Gasteiger partial charge in [-0.2, -0.15) is 0 Å². The largest absolute Gasteiger partial charge is 0.507 e. The second-order valence-corrected chi connectivity index (χ2v) is 3.74. The van der Waals surface area contributed by atoms with Crippen molar-refractivity contribution in [2.24, 2.45) is 0 Å². The standard InChI is InChI=1S/C12H11ClO/c13-10-6-7-12(14)11(8-10)9-4-2-1-3-5-9/h1-2,5-8,14H,3-4H2. The first kappa shape index (κ1) is 9.35. The van der Waals surface area contributed by atoms with Crippen molar-refractivity contribution in [1.29, 1.82) is 0 Å². The van der Waals surface area contributed by atoms with Crippen molar-refractivity contribution < 1.29 is 5.11 Å². The monoisotopic (exact) mass is 206 g/mol. The normalized spacial score (nSPS) is 15.4. The van der Waals surface area contributed by atoms with Crippen LogP contribution in [0.1, 0.15) is 18.4 Å². The molecule has 1 N–H and O–H groups in total. The Kier molecular flexibility index (Phi) is 2.60. The molecule has 0 heterocycles. The summed E-state index contributed by atoms with van der Waals surface area (Å²) in [6, 6.07) is 5.14. The van der Waals surface area contributed by atoms with Gasteiger partial charge in [-0.05, 0) is 36.6 Å². The van der Waals surface area contributed by atoms with E-state index in [1.165, 1.54) is 0 Å². The molecule has 1 aromatic rings. The zero-order chi connectivity index (χ0) is 9.97. The lowest BCUT2D eigenvalue weighted by Crippen LogP contribution is -1.88. The number of hydrogen-bond donors (Lipinski definition) is 1. The average molecular weight is 207 g/mol. The molecule has 0 atom stereocenters. The summed E-state index contributed by atoms with van der Waals surface area (Å²) in [7, 11) is 0. The molecule has 72 valence electrons. The zero-order valence-corrected chi connectivity index (χ0v) is 8.46. The molecule has 1 aromatic carbocycles. The quantitative estimate of drug-likeness (QED) is 0.694. The SMILES string of the molecule is Oc1ccc(Cl)cc1C1=CCC=CC1. The van der Waals surface area contributed by atoms with E-state index in [4.69, 9.17) is 11.6 Å². The first-order chi connectivity index (χ1) is 6.77. The van der Waals surface area contributed by atoms with Crippen molar-refractivity contribution in [2.75, 3.05) is 0 Å². The van der Waals surface area contributed by atoms with E-state index in [2.05, 4.69) is 18.2 Å². The van der Waals surface area contributed by atoms with Gasteiger partial charge < -0.3 is 5.11 Å². The summed E-state index contributed by atoms with van der Waals surface area (Å²) in [6.07, 6.45) is 8.14. The highest BCUT2D eigenvalue weighted by molar-refractivity contribution is 6.30. The molecule has 0 fully saturated rings. The molecule has 0 saturated carbocycles. The molecule has 2 rings (SSSR count). The highest BCUT2D eigenvalue weighted by Crippen LogP contribution is 2.31. The first-order valence-corrected chi connectivity index (χ1v) is 4.98. The molecular formula is C12H11ClO. The number of phenols is 1. The van der Waals surface area contributed by atoms with Gasteiger partial charge in [0, 0.05) is 10.6 Å². The predicted octanol–water partition coefficient (Wildman–Crippen LogP) is 3.78. The van der Waals surface area contributed by atoms with Crippen LogP contribution in [-0.4, -0.2) is 5.11 Å². The fraction of sp³-hybridized carbons (Fsp3) is 0.167. The molecule has 0 bridgehead atoms. The molecule has 14 heavy (non-hydrogen) atoms. The van der Waals surface area contributed by atoms with Gasteiger partial charge in [-0.1, -0.05) is 29.8 Å². The minimum Gasteiger partial charge on any atom is -0.507 e. The van der Waals surface area contributed by atoms with Crippen LogP contribution in [0.3, 0.4) is 0 Å². The number of allylic oxidation sites excluding steroid dienone is 4. The molecule has 0 amide bonds. The molecule has 2 heteroatoms. The van der Waals surface area contributed by atoms with E-state index in [-0.39, 0.29) is 0 Å². The van der Waals surface area contributed by atoms with Gasteiger partial charge >= 0.3 is 0 Å². The molecule has 0 spiro atoms. The average Bonchev–Trinajstić information content (AvgIpc) is 2.23. The third-order valence-corrected chi connectivity index (χ3v) is 2.54. The number of benzene rings is 1. The van der Waals surface area contributed by atoms with E-state index in [9.17, 15) is 5.11 Å². The predicted molar refractivity (Wildman–Crippen MR) is 59.5 cm³/mol. The highest BCUT2D eigenvalue weighted by Gasteiger charge is 2.07. The molecule has 1 nitrogen and oxygen atoms in total. The van der Waals surface area contributed by atoms with E-state index in [0.29, 0.717) is 10.8 Å². The smallest absolute Gasteiger partial charge is 0.123 e. The van der Waals surface area contributed by atoms with Crippen LogP contribution in [-0.2, 0) is 0 Å². The fourth-order valence-electron chi connectivity index (χ4n) is 1.59. The van der Waals surface area contributed by atoms with Crippen LogP contribution in [0.2, 0.25) is 5.02 Å². The lowest BCUT2D eigenvalue weighted by molar-refractivity contribution is 0.473. The van der Waals surface area contributed by atoms with Gasteiger partial charge in [-0.25, -0.2) is 0 Å². The van der Waals surface area contributed by atoms with Crippen molar-refractivity contribution in [3.05, 3.63) is 47.0 Å². The van der Waals surface area contributed by atoms with E-state index in [1.54, 1.807) is 12.1 Å². The maximum absolute atomic E-state index is 9.66. The van der Waals surface area contributed by atoms with Crippen LogP contribution < -0.4 is 0 Å². The second-order valence-electron chi connectivity index (χ2n) is 3.30. The summed E-state index contributed by atoms with van der Waals surface area (Å²) < 4.78 is 0. The van der Waals surface area contributed by atoms with Crippen LogP contribution >= 0.6 is 11.6 Å². The van der Waals surface area contributed by atoms with Crippen molar-refractivity contribution in [2.45, 2.75) is 12.8 Å². The molecule has 1 aliphatic rings. The number of aromatic hydroxyl groups is 1. The van der Waals surface area contributed by atoms with Crippen molar-refractivity contribution in [3.63, 3.8) is 0 Å². The van der Waals surface area contributed by atoms with E-state index < -0.39 is 0 Å². The third kappa shape index (κ3) is 1.83. The number of halogens is 1. The molecule has 1 aliphatic carbocycles. The Hall–Kier alpha value is -1.21. The van der Waals surface area contributed by atoms with Crippen molar-refractivity contribution in [1.82, 2.24) is 0 Å². The lowest BCUT2D eigenvalue weighted by Gasteiger charge is -2.10. The van der Waals surface area contributed by atoms with E-state index in [0.717, 1.165) is 24.0 Å². The van der Waals surface area contributed by atoms with E-state index >= 15 is 0 Å². The molecule has 0 saturated heterocycles. The number of phenolic OH excluding ortho intramolecular Hbond substituents is 1. The summed E-state index contributed by atoms with van der Waals surface area (Å²) in [4.78, 5) is 0. The summed E-state index contributed by atoms with van der Waals surface area (Å²) in [5, 5.41) is 10.3. The third-order valence-electron chi connectivity index (χ3n) is 2.31. The topological polar surface area (TPSA) is 20.2 Å². The summed E-state index contributed by atoms with van der Waals surface area (Å²) in [5.74, 6) is 0.302. The Morgan fingerprint density at radius 3 is 2.79 bits per heavy atom. The van der Waals surface area contributed by atoms with Crippen LogP contribution in [0.15, 0.2) is 36.4 Å². The second kappa shape index (κ2) is 3.89. The Bertz CT molecular complexity index is 405. The lowest BCUT2D eigenvalue weighted by atomic mass is 9.97. The van der Waals surface area contributed by atoms with Crippen LogP contribution in [0, 0.1) is 0 Å². The van der Waals surface area contributed by atoms with Gasteiger partial charge in [0.15, 0.2) is 0 Å². The van der Waals surface area contributed by atoms with Crippen molar-refractivity contribution >= 4 is 17.2 Å². The van der Waals surface area contributed by atoms with Gasteiger partial charge in [0.2, 0.25) is 0 Å².